The Kier molecular flexibility index (Phi) is 3.43. The second-order valence-electron chi connectivity index (χ2n) is 4.70. The standard InChI is InChI=1S/C13H17NO4/c1-8-2-5-13(18)14(8)7-12(17)9-3-4-10(15)11(16)6-9/h3-4,6,8,12,15-17H,2,5,7H2,1H3/t8-,12-/m1/s1. The number of likely N-dealkylation sites (tertiary alicyclic amines) is 1. The van der Waals surface area contributed by atoms with E-state index < -0.39 is 6.10 Å². The van der Waals surface area contributed by atoms with Gasteiger partial charge in [-0.25, -0.2) is 0 Å². The molecule has 2 atom stereocenters. The first-order valence-corrected chi connectivity index (χ1v) is 5.98. The van der Waals surface area contributed by atoms with Crippen LogP contribution in [0.4, 0.5) is 0 Å². The molecule has 1 aromatic carbocycles. The van der Waals surface area contributed by atoms with Crippen LogP contribution in [0.1, 0.15) is 31.4 Å². The fourth-order valence-corrected chi connectivity index (χ4v) is 2.20. The van der Waals surface area contributed by atoms with Crippen molar-refractivity contribution in [3.8, 4) is 11.5 Å². The summed E-state index contributed by atoms with van der Waals surface area (Å²) < 4.78 is 0. The number of β-amino-alcohol motifs (C(OH)–C–C–N with tert-alkyl or cyclic N) is 1. The highest BCUT2D eigenvalue weighted by Crippen LogP contribution is 2.29. The number of hydrogen-bond donors (Lipinski definition) is 3. The molecular formula is C13H17NO4. The smallest absolute Gasteiger partial charge is 0.222 e. The molecule has 1 aromatic rings. The maximum Gasteiger partial charge on any atom is 0.222 e. The third-order valence-corrected chi connectivity index (χ3v) is 3.38. The van der Waals surface area contributed by atoms with Crippen LogP contribution in [0, 0.1) is 0 Å². The fraction of sp³-hybridized carbons (Fsp3) is 0.462. The zero-order valence-corrected chi connectivity index (χ0v) is 10.2. The number of phenols is 2. The lowest BCUT2D eigenvalue weighted by atomic mass is 10.1. The van der Waals surface area contributed by atoms with Crippen molar-refractivity contribution >= 4 is 5.91 Å². The van der Waals surface area contributed by atoms with Gasteiger partial charge in [0.25, 0.3) is 0 Å². The number of phenolic OH excluding ortho intramolecular Hbond substituents is 2. The van der Waals surface area contributed by atoms with Crippen LogP contribution in [0.2, 0.25) is 0 Å². The summed E-state index contributed by atoms with van der Waals surface area (Å²) in [5, 5.41) is 28.6. The Balaban J connectivity index is 2.09. The van der Waals surface area contributed by atoms with Gasteiger partial charge in [0.1, 0.15) is 0 Å². The first-order valence-electron chi connectivity index (χ1n) is 5.98. The molecule has 0 aromatic heterocycles. The highest BCUT2D eigenvalue weighted by Gasteiger charge is 2.29. The Morgan fingerprint density at radius 3 is 2.67 bits per heavy atom. The number of rotatable bonds is 3. The number of benzene rings is 1. The Morgan fingerprint density at radius 1 is 1.39 bits per heavy atom. The van der Waals surface area contributed by atoms with Gasteiger partial charge in [-0.2, -0.15) is 0 Å². The van der Waals surface area contributed by atoms with Gasteiger partial charge in [0, 0.05) is 12.5 Å². The molecular weight excluding hydrogens is 234 g/mol. The van der Waals surface area contributed by atoms with Crippen molar-refractivity contribution in [3.05, 3.63) is 23.8 Å². The van der Waals surface area contributed by atoms with Gasteiger partial charge in [0.2, 0.25) is 5.91 Å². The van der Waals surface area contributed by atoms with Gasteiger partial charge in [-0.15, -0.1) is 0 Å². The van der Waals surface area contributed by atoms with Gasteiger partial charge < -0.3 is 20.2 Å². The first-order chi connectivity index (χ1) is 8.49. The molecule has 0 spiro atoms. The molecule has 1 amide bonds. The molecule has 98 valence electrons. The van der Waals surface area contributed by atoms with Crippen molar-refractivity contribution < 1.29 is 20.1 Å². The normalized spacial score (nSPS) is 21.3. The van der Waals surface area contributed by atoms with E-state index in [2.05, 4.69) is 0 Å². The Hall–Kier alpha value is -1.75. The molecule has 18 heavy (non-hydrogen) atoms. The zero-order valence-electron chi connectivity index (χ0n) is 10.2. The summed E-state index contributed by atoms with van der Waals surface area (Å²) in [5.41, 5.74) is 0.484. The third kappa shape index (κ3) is 2.41. The lowest BCUT2D eigenvalue weighted by molar-refractivity contribution is -0.130. The monoisotopic (exact) mass is 251 g/mol. The molecule has 1 aliphatic rings. The molecule has 1 saturated heterocycles. The van der Waals surface area contributed by atoms with E-state index in [-0.39, 0.29) is 30.0 Å². The maximum absolute atomic E-state index is 11.6. The Labute approximate surface area is 105 Å². The van der Waals surface area contributed by atoms with Crippen molar-refractivity contribution in [2.45, 2.75) is 31.9 Å². The van der Waals surface area contributed by atoms with Crippen LogP contribution in [0.15, 0.2) is 18.2 Å². The topological polar surface area (TPSA) is 81.0 Å². The van der Waals surface area contributed by atoms with E-state index >= 15 is 0 Å². The van der Waals surface area contributed by atoms with E-state index in [1.807, 2.05) is 6.92 Å². The quantitative estimate of drug-likeness (QED) is 0.704. The molecule has 0 unspecified atom stereocenters. The predicted octanol–water partition coefficient (Wildman–Crippen LogP) is 1.14. The molecule has 5 heteroatoms. The first kappa shape index (κ1) is 12.7. The molecule has 0 radical (unpaired) electrons. The molecule has 0 saturated carbocycles. The van der Waals surface area contributed by atoms with Gasteiger partial charge in [0.15, 0.2) is 11.5 Å². The molecule has 5 nitrogen and oxygen atoms in total. The minimum absolute atomic E-state index is 0.0459. The number of hydrogen-bond acceptors (Lipinski definition) is 4. The van der Waals surface area contributed by atoms with Crippen LogP contribution in [-0.4, -0.2) is 38.7 Å². The van der Waals surface area contributed by atoms with E-state index in [4.69, 9.17) is 0 Å². The van der Waals surface area contributed by atoms with E-state index in [1.54, 1.807) is 4.90 Å². The Bertz CT molecular complexity index is 460. The van der Waals surface area contributed by atoms with Crippen molar-refractivity contribution in [3.63, 3.8) is 0 Å². The molecule has 2 rings (SSSR count). The number of carbonyl (C=O) groups excluding carboxylic acids is 1. The van der Waals surface area contributed by atoms with E-state index in [1.165, 1.54) is 18.2 Å². The molecule has 0 bridgehead atoms. The second kappa shape index (κ2) is 4.86. The number of amides is 1. The second-order valence-corrected chi connectivity index (χ2v) is 4.70. The highest BCUT2D eigenvalue weighted by molar-refractivity contribution is 5.78. The van der Waals surface area contributed by atoms with Crippen molar-refractivity contribution in [2.24, 2.45) is 0 Å². The average Bonchev–Trinajstić information content (AvgIpc) is 2.64. The summed E-state index contributed by atoms with van der Waals surface area (Å²) in [7, 11) is 0. The van der Waals surface area contributed by atoms with Gasteiger partial charge >= 0.3 is 0 Å². The summed E-state index contributed by atoms with van der Waals surface area (Å²) in [6.45, 7) is 2.16. The summed E-state index contributed by atoms with van der Waals surface area (Å²) in [6, 6.07) is 4.30. The van der Waals surface area contributed by atoms with Crippen LogP contribution in [0.5, 0.6) is 11.5 Å². The van der Waals surface area contributed by atoms with Gasteiger partial charge in [-0.3, -0.25) is 4.79 Å². The number of aliphatic hydroxyl groups excluding tert-OH is 1. The van der Waals surface area contributed by atoms with E-state index in [0.29, 0.717) is 12.0 Å². The summed E-state index contributed by atoms with van der Waals surface area (Å²) in [4.78, 5) is 13.2. The van der Waals surface area contributed by atoms with Crippen LogP contribution >= 0.6 is 0 Å². The number of nitrogens with zero attached hydrogens (tertiary/aromatic N) is 1. The fourth-order valence-electron chi connectivity index (χ4n) is 2.20. The lowest BCUT2D eigenvalue weighted by Crippen LogP contribution is -2.34. The van der Waals surface area contributed by atoms with Crippen LogP contribution in [0.3, 0.4) is 0 Å². The zero-order chi connectivity index (χ0) is 13.3. The highest BCUT2D eigenvalue weighted by atomic mass is 16.3. The number of aromatic hydroxyl groups is 2. The third-order valence-electron chi connectivity index (χ3n) is 3.38. The molecule has 3 N–H and O–H groups in total. The largest absolute Gasteiger partial charge is 0.504 e. The summed E-state index contributed by atoms with van der Waals surface area (Å²) >= 11 is 0. The van der Waals surface area contributed by atoms with Crippen molar-refractivity contribution in [1.82, 2.24) is 4.90 Å². The van der Waals surface area contributed by atoms with Crippen molar-refractivity contribution in [1.29, 1.82) is 0 Å². The molecule has 1 aliphatic heterocycles. The SMILES string of the molecule is C[C@@H]1CCC(=O)N1C[C@@H](O)c1ccc(O)c(O)c1. The summed E-state index contributed by atoms with van der Waals surface area (Å²) in [5.74, 6) is -0.450. The molecule has 1 fully saturated rings. The van der Waals surface area contributed by atoms with Gasteiger partial charge in [-0.05, 0) is 31.0 Å². The lowest BCUT2D eigenvalue weighted by Gasteiger charge is -2.24. The van der Waals surface area contributed by atoms with Crippen LogP contribution in [0.25, 0.3) is 0 Å². The maximum atomic E-state index is 11.6. The molecule has 0 aliphatic carbocycles. The van der Waals surface area contributed by atoms with E-state index in [0.717, 1.165) is 6.42 Å². The number of carbonyl (C=O) groups is 1. The van der Waals surface area contributed by atoms with Crippen LogP contribution in [-0.2, 0) is 4.79 Å². The Morgan fingerprint density at radius 2 is 2.11 bits per heavy atom. The molecule has 1 heterocycles. The average molecular weight is 251 g/mol. The van der Waals surface area contributed by atoms with Gasteiger partial charge in [-0.1, -0.05) is 6.07 Å². The van der Waals surface area contributed by atoms with Crippen LogP contribution < -0.4 is 0 Å². The minimum atomic E-state index is -0.860. The van der Waals surface area contributed by atoms with E-state index in [9.17, 15) is 20.1 Å². The predicted molar refractivity (Wildman–Crippen MR) is 65.1 cm³/mol. The van der Waals surface area contributed by atoms with Crippen molar-refractivity contribution in [2.75, 3.05) is 6.54 Å². The van der Waals surface area contributed by atoms with Gasteiger partial charge in [0.05, 0.1) is 12.6 Å². The minimum Gasteiger partial charge on any atom is -0.504 e. The summed E-state index contributed by atoms with van der Waals surface area (Å²) in [6.07, 6.45) is 0.474. The number of aliphatic hydroxyl groups is 1.